The Bertz CT molecular complexity index is 108. The predicted molar refractivity (Wildman–Crippen MR) is 57.1 cm³/mol. The summed E-state index contributed by atoms with van der Waals surface area (Å²) in [5.74, 6) is 0.814. The van der Waals surface area contributed by atoms with Gasteiger partial charge in [-0.05, 0) is 5.15 Å². The van der Waals surface area contributed by atoms with Crippen molar-refractivity contribution in [3.05, 3.63) is 0 Å². The van der Waals surface area contributed by atoms with Gasteiger partial charge in [-0.3, -0.25) is 0 Å². The summed E-state index contributed by atoms with van der Waals surface area (Å²) in [6, 6.07) is 0. The van der Waals surface area contributed by atoms with Gasteiger partial charge in [-0.15, -0.1) is 10.8 Å². The first kappa shape index (κ1) is 11.8. The van der Waals surface area contributed by atoms with Crippen molar-refractivity contribution >= 4 is 45.1 Å². The second-order valence-corrected chi connectivity index (χ2v) is 4.76. The van der Waals surface area contributed by atoms with Crippen molar-refractivity contribution in [1.29, 1.82) is 0 Å². The van der Waals surface area contributed by atoms with Gasteiger partial charge in [0.05, 0.1) is 23.5 Å². The van der Waals surface area contributed by atoms with E-state index in [4.69, 9.17) is 35.0 Å². The summed E-state index contributed by atoms with van der Waals surface area (Å²) in [5.41, 5.74) is 10.6. The average molecular weight is 182 g/mol. The van der Waals surface area contributed by atoms with Crippen molar-refractivity contribution in [2.24, 2.45) is 11.5 Å². The van der Waals surface area contributed by atoms with Crippen molar-refractivity contribution in [3.63, 3.8) is 0 Å². The smallest absolute Gasteiger partial charge is 0.0862 e. The van der Waals surface area contributed by atoms with Crippen LogP contribution in [-0.2, 0) is 0 Å². The van der Waals surface area contributed by atoms with Crippen LogP contribution in [0.1, 0.15) is 0 Å². The van der Waals surface area contributed by atoms with E-state index >= 15 is 0 Å². The van der Waals surface area contributed by atoms with Gasteiger partial charge in [-0.2, -0.15) is 0 Å². The molecule has 7 heteroatoms. The molecule has 0 heterocycles. The first-order valence-electron chi connectivity index (χ1n) is 3.09. The second kappa shape index (κ2) is 5.46. The summed E-state index contributed by atoms with van der Waals surface area (Å²) in [7, 11) is 19.0. The molecule has 0 amide bonds. The van der Waals surface area contributed by atoms with Crippen LogP contribution in [0.25, 0.3) is 0 Å². The lowest BCUT2D eigenvalue weighted by Crippen LogP contribution is -2.50. The van der Waals surface area contributed by atoms with Crippen LogP contribution in [0, 0.1) is 0 Å². The Morgan fingerprint density at radius 1 is 1.45 bits per heavy atom. The molecule has 11 heavy (non-hydrogen) atoms. The zero-order chi connectivity index (χ0) is 8.91. The Labute approximate surface area is 79.6 Å². The molecule has 0 aromatic heterocycles. The maximum Gasteiger partial charge on any atom is 0.0862 e. The van der Waals surface area contributed by atoms with Gasteiger partial charge < -0.3 is 11.5 Å². The molecular weight excluding hydrogens is 173 g/mol. The fourth-order valence-corrected chi connectivity index (χ4v) is 2.28. The van der Waals surface area contributed by atoms with Gasteiger partial charge in [0, 0.05) is 12.3 Å². The van der Waals surface area contributed by atoms with Gasteiger partial charge in [0.1, 0.15) is 0 Å². The minimum Gasteiger partial charge on any atom is -0.341 e. The minimum atomic E-state index is -1.31. The molecule has 4 N–H and O–H groups in total. The Balaban J connectivity index is 3.44. The molecule has 0 aliphatic heterocycles. The molecular formula is C4H9B3N2S2. The van der Waals surface area contributed by atoms with E-state index in [1.807, 2.05) is 0 Å². The largest absolute Gasteiger partial charge is 0.341 e. The summed E-state index contributed by atoms with van der Waals surface area (Å²) in [6.07, 6.45) is 0. The van der Waals surface area contributed by atoms with E-state index in [-0.39, 0.29) is 0 Å². The molecule has 1 unspecified atom stereocenters. The highest BCUT2D eigenvalue weighted by atomic mass is 33.1. The van der Waals surface area contributed by atoms with Crippen LogP contribution in [0.2, 0.25) is 0 Å². The lowest BCUT2D eigenvalue weighted by atomic mass is 9.56. The predicted octanol–water partition coefficient (Wildman–Crippen LogP) is -1.23. The van der Waals surface area contributed by atoms with E-state index in [1.165, 1.54) is 21.6 Å². The van der Waals surface area contributed by atoms with Gasteiger partial charge in [-0.25, -0.2) is 0 Å². The van der Waals surface area contributed by atoms with Crippen LogP contribution in [0.15, 0.2) is 0 Å². The first-order valence-corrected chi connectivity index (χ1v) is 5.47. The van der Waals surface area contributed by atoms with Crippen molar-refractivity contribution in [3.8, 4) is 0 Å². The van der Waals surface area contributed by atoms with Gasteiger partial charge in [0.25, 0.3) is 0 Å². The molecule has 56 valence electrons. The van der Waals surface area contributed by atoms with Crippen LogP contribution in [0.5, 0.6) is 0 Å². The van der Waals surface area contributed by atoms with Crippen LogP contribution >= 0.6 is 21.6 Å². The molecule has 6 radical (unpaired) electrons. The quantitative estimate of drug-likeness (QED) is 0.317. The highest BCUT2D eigenvalue weighted by Gasteiger charge is 2.19. The summed E-state index contributed by atoms with van der Waals surface area (Å²) in [5, 5.41) is -1.79. The second-order valence-electron chi connectivity index (χ2n) is 2.13. The Morgan fingerprint density at radius 2 is 2.00 bits per heavy atom. The first-order chi connectivity index (χ1) is 4.98. The number of hydrogen-bond acceptors (Lipinski definition) is 4. The van der Waals surface area contributed by atoms with Gasteiger partial charge in [0.15, 0.2) is 0 Å². The molecule has 0 aliphatic carbocycles. The molecule has 0 aromatic carbocycles. The zero-order valence-corrected chi connectivity index (χ0v) is 7.83. The van der Waals surface area contributed by atoms with Crippen molar-refractivity contribution in [2.45, 2.75) is 10.5 Å². The van der Waals surface area contributed by atoms with Crippen molar-refractivity contribution in [2.75, 3.05) is 12.3 Å². The Morgan fingerprint density at radius 3 is 2.36 bits per heavy atom. The van der Waals surface area contributed by atoms with Gasteiger partial charge in [0.2, 0.25) is 0 Å². The van der Waals surface area contributed by atoms with E-state index in [0.29, 0.717) is 6.54 Å². The van der Waals surface area contributed by atoms with E-state index in [9.17, 15) is 0 Å². The average Bonchev–Trinajstić information content (AvgIpc) is 1.86. The summed E-state index contributed by atoms with van der Waals surface area (Å²) < 4.78 is 0. The molecule has 0 spiro atoms. The minimum absolute atomic E-state index is 0.473. The summed E-state index contributed by atoms with van der Waals surface area (Å²) in [6.45, 7) is 0.608. The molecule has 0 saturated carbocycles. The van der Waals surface area contributed by atoms with Crippen molar-refractivity contribution < 1.29 is 0 Å². The summed E-state index contributed by atoms with van der Waals surface area (Å²) >= 11 is 0. The zero-order valence-electron chi connectivity index (χ0n) is 6.19. The molecule has 2 nitrogen and oxygen atoms in total. The van der Waals surface area contributed by atoms with Gasteiger partial charge >= 0.3 is 0 Å². The van der Waals surface area contributed by atoms with Crippen LogP contribution in [0.4, 0.5) is 0 Å². The highest BCUT2D eigenvalue weighted by molar-refractivity contribution is 8.77. The molecule has 0 fully saturated rings. The van der Waals surface area contributed by atoms with E-state index in [2.05, 4.69) is 0 Å². The van der Waals surface area contributed by atoms with Gasteiger partial charge in [-0.1, -0.05) is 16.1 Å². The molecule has 0 saturated heterocycles. The lowest BCUT2D eigenvalue weighted by molar-refractivity contribution is 0.903. The van der Waals surface area contributed by atoms with E-state index < -0.39 is 10.5 Å². The molecule has 1 atom stereocenters. The van der Waals surface area contributed by atoms with E-state index in [0.717, 1.165) is 5.75 Å². The Hall–Kier alpha value is 0.815. The summed E-state index contributed by atoms with van der Waals surface area (Å²) in [4.78, 5) is 0. The Kier molecular flexibility index (Phi) is 5.86. The monoisotopic (exact) mass is 182 g/mol. The number of nitrogens with two attached hydrogens (primary N) is 2. The lowest BCUT2D eigenvalue weighted by Gasteiger charge is -2.27. The maximum atomic E-state index is 5.52. The normalized spacial score (nSPS) is 14.7. The maximum absolute atomic E-state index is 5.52. The van der Waals surface area contributed by atoms with E-state index in [1.54, 1.807) is 0 Å². The van der Waals surface area contributed by atoms with Crippen LogP contribution in [0.3, 0.4) is 0 Å². The standard InChI is InChI=1S/C4H9B3N2S2/c5-3(4(6,7)9)11-10-2-1-8/h3H,1-2,8-9H2. The number of hydrogen-bond donors (Lipinski definition) is 2. The number of rotatable bonds is 5. The molecule has 0 aliphatic rings. The third-order valence-corrected chi connectivity index (χ3v) is 3.55. The SMILES string of the molecule is [B]C(SSCCN)C([B])([B])N. The fourth-order valence-electron chi connectivity index (χ4n) is 0.253. The third kappa shape index (κ3) is 6.02. The fraction of sp³-hybridized carbons (Fsp3) is 1.00. The molecule has 0 bridgehead atoms. The van der Waals surface area contributed by atoms with Crippen LogP contribution in [-0.4, -0.2) is 46.3 Å². The highest BCUT2D eigenvalue weighted by Crippen LogP contribution is 2.27. The van der Waals surface area contributed by atoms with Crippen LogP contribution < -0.4 is 11.5 Å². The molecule has 0 aromatic rings. The van der Waals surface area contributed by atoms with Crippen molar-refractivity contribution in [1.82, 2.24) is 0 Å². The topological polar surface area (TPSA) is 52.0 Å². The third-order valence-electron chi connectivity index (χ3n) is 0.866. The molecule has 0 rings (SSSR count).